The average molecular weight is 286 g/mol. The van der Waals surface area contributed by atoms with Gasteiger partial charge < -0.3 is 16.4 Å². The summed E-state index contributed by atoms with van der Waals surface area (Å²) in [5.41, 5.74) is 7.13. The summed E-state index contributed by atoms with van der Waals surface area (Å²) in [6.07, 6.45) is 0. The van der Waals surface area contributed by atoms with Gasteiger partial charge >= 0.3 is 0 Å². The van der Waals surface area contributed by atoms with Crippen molar-refractivity contribution in [3.63, 3.8) is 0 Å². The molecule has 0 bridgehead atoms. The van der Waals surface area contributed by atoms with Crippen LogP contribution < -0.4 is 21.5 Å². The Morgan fingerprint density at radius 1 is 1.37 bits per heavy atom. The highest BCUT2D eigenvalue weighted by Crippen LogP contribution is 2.19. The number of anilines is 2. The Morgan fingerprint density at radius 2 is 2.05 bits per heavy atom. The van der Waals surface area contributed by atoms with Crippen molar-refractivity contribution in [1.29, 1.82) is 0 Å². The van der Waals surface area contributed by atoms with Crippen LogP contribution in [0.5, 0.6) is 0 Å². The molecule has 0 aliphatic carbocycles. The van der Waals surface area contributed by atoms with E-state index < -0.39 is 10.0 Å². The summed E-state index contributed by atoms with van der Waals surface area (Å²) in [6, 6.07) is 4.76. The van der Waals surface area contributed by atoms with Crippen LogP contribution >= 0.6 is 0 Å². The van der Waals surface area contributed by atoms with Gasteiger partial charge in [0.2, 0.25) is 10.0 Å². The lowest BCUT2D eigenvalue weighted by molar-refractivity contribution is 0.0956. The second kappa shape index (κ2) is 6.39. The Morgan fingerprint density at radius 3 is 2.63 bits per heavy atom. The number of carbonyl (C=O) groups excluding carboxylic acids is 1. The molecule has 6 N–H and O–H groups in total. The highest BCUT2D eigenvalue weighted by molar-refractivity contribution is 7.89. The van der Waals surface area contributed by atoms with E-state index in [1.807, 2.05) is 6.92 Å². The van der Waals surface area contributed by atoms with Crippen molar-refractivity contribution in [3.05, 3.63) is 23.8 Å². The average Bonchev–Trinajstić information content (AvgIpc) is 2.30. The Hall–Kier alpha value is -1.80. The van der Waals surface area contributed by atoms with Crippen LogP contribution in [-0.4, -0.2) is 33.2 Å². The van der Waals surface area contributed by atoms with E-state index in [1.54, 1.807) is 18.2 Å². The number of nitrogen functional groups attached to an aromatic ring is 1. The molecule has 0 aromatic heterocycles. The van der Waals surface area contributed by atoms with Crippen molar-refractivity contribution in [2.75, 3.05) is 29.9 Å². The fourth-order valence-corrected chi connectivity index (χ4v) is 1.83. The number of hydrogen-bond acceptors (Lipinski definition) is 5. The van der Waals surface area contributed by atoms with E-state index in [4.69, 9.17) is 10.9 Å². The molecule has 0 unspecified atom stereocenters. The van der Waals surface area contributed by atoms with E-state index in [0.29, 0.717) is 23.5 Å². The van der Waals surface area contributed by atoms with Gasteiger partial charge in [0.15, 0.2) is 0 Å². The van der Waals surface area contributed by atoms with E-state index in [-0.39, 0.29) is 18.2 Å². The molecule has 0 heterocycles. The molecule has 8 heteroatoms. The number of benzene rings is 1. The van der Waals surface area contributed by atoms with E-state index in [0.717, 1.165) is 0 Å². The Balaban J connectivity index is 2.77. The maximum Gasteiger partial charge on any atom is 0.251 e. The van der Waals surface area contributed by atoms with Crippen molar-refractivity contribution >= 4 is 27.3 Å². The molecule has 0 saturated heterocycles. The lowest BCUT2D eigenvalue weighted by Crippen LogP contribution is -2.24. The number of primary sulfonamides is 1. The predicted molar refractivity (Wildman–Crippen MR) is 75.3 cm³/mol. The molecular weight excluding hydrogens is 268 g/mol. The van der Waals surface area contributed by atoms with Gasteiger partial charge in [0.25, 0.3) is 5.91 Å². The van der Waals surface area contributed by atoms with Gasteiger partial charge in [0.1, 0.15) is 0 Å². The molecule has 0 spiro atoms. The summed E-state index contributed by atoms with van der Waals surface area (Å²) in [4.78, 5) is 11.6. The van der Waals surface area contributed by atoms with Gasteiger partial charge in [-0.15, -0.1) is 0 Å². The number of amides is 1. The predicted octanol–water partition coefficient (Wildman–Crippen LogP) is -0.281. The van der Waals surface area contributed by atoms with Crippen LogP contribution in [-0.2, 0) is 10.0 Å². The molecule has 0 aliphatic rings. The molecule has 1 aromatic carbocycles. The first-order valence-electron chi connectivity index (χ1n) is 5.75. The van der Waals surface area contributed by atoms with E-state index >= 15 is 0 Å². The summed E-state index contributed by atoms with van der Waals surface area (Å²) in [5.74, 6) is -0.422. The number of nitrogens with two attached hydrogens (primary N) is 2. The number of nitrogens with one attached hydrogen (secondary N) is 2. The third-order valence-corrected chi connectivity index (χ3v) is 3.13. The summed E-state index contributed by atoms with van der Waals surface area (Å²) >= 11 is 0. The first-order chi connectivity index (χ1) is 8.83. The van der Waals surface area contributed by atoms with Crippen LogP contribution in [0, 0.1) is 0 Å². The van der Waals surface area contributed by atoms with Crippen molar-refractivity contribution in [1.82, 2.24) is 5.32 Å². The quantitative estimate of drug-likeness (QED) is 0.535. The SMILES string of the molecule is CCNC(=O)c1ccc(N)c(NCCS(N)(=O)=O)c1. The molecule has 0 atom stereocenters. The molecule has 106 valence electrons. The van der Waals surface area contributed by atoms with Gasteiger partial charge in [-0.25, -0.2) is 13.6 Å². The van der Waals surface area contributed by atoms with Crippen molar-refractivity contribution in [2.24, 2.45) is 5.14 Å². The molecule has 1 aromatic rings. The summed E-state index contributed by atoms with van der Waals surface area (Å²) in [6.45, 7) is 2.47. The molecule has 0 aliphatic heterocycles. The zero-order valence-corrected chi connectivity index (χ0v) is 11.5. The van der Waals surface area contributed by atoms with Crippen LogP contribution in [0.2, 0.25) is 0 Å². The zero-order chi connectivity index (χ0) is 14.5. The first-order valence-corrected chi connectivity index (χ1v) is 7.47. The van der Waals surface area contributed by atoms with Crippen LogP contribution in [0.4, 0.5) is 11.4 Å². The molecule has 1 amide bonds. The third-order valence-electron chi connectivity index (χ3n) is 2.35. The summed E-state index contributed by atoms with van der Waals surface area (Å²) in [7, 11) is -3.52. The van der Waals surface area contributed by atoms with Crippen LogP contribution in [0.1, 0.15) is 17.3 Å². The van der Waals surface area contributed by atoms with Crippen molar-refractivity contribution in [3.8, 4) is 0 Å². The standard InChI is InChI=1S/C11H18N4O3S/c1-2-14-11(16)8-3-4-9(12)10(7-8)15-5-6-19(13,17)18/h3-4,7,15H,2,5-6,12H2,1H3,(H,14,16)(H2,13,17,18). The minimum Gasteiger partial charge on any atom is -0.397 e. The second-order valence-corrected chi connectivity index (χ2v) is 5.69. The minimum absolute atomic E-state index is 0.127. The monoisotopic (exact) mass is 286 g/mol. The molecule has 0 radical (unpaired) electrons. The van der Waals surface area contributed by atoms with Crippen LogP contribution in [0.15, 0.2) is 18.2 Å². The third kappa shape index (κ3) is 5.14. The lowest BCUT2D eigenvalue weighted by Gasteiger charge is -2.10. The highest BCUT2D eigenvalue weighted by atomic mass is 32.2. The molecule has 19 heavy (non-hydrogen) atoms. The lowest BCUT2D eigenvalue weighted by atomic mass is 10.1. The van der Waals surface area contributed by atoms with Crippen molar-refractivity contribution < 1.29 is 13.2 Å². The number of rotatable bonds is 6. The number of hydrogen-bond donors (Lipinski definition) is 4. The van der Waals surface area contributed by atoms with E-state index in [1.165, 1.54) is 0 Å². The largest absolute Gasteiger partial charge is 0.397 e. The molecule has 0 saturated carbocycles. The van der Waals surface area contributed by atoms with Crippen LogP contribution in [0.25, 0.3) is 0 Å². The molecule has 0 fully saturated rings. The van der Waals surface area contributed by atoms with Gasteiger partial charge in [-0.2, -0.15) is 0 Å². The summed E-state index contributed by atoms with van der Waals surface area (Å²) < 4.78 is 21.6. The maximum absolute atomic E-state index is 11.6. The van der Waals surface area contributed by atoms with Gasteiger partial charge in [-0.3, -0.25) is 4.79 Å². The van der Waals surface area contributed by atoms with Crippen molar-refractivity contribution in [2.45, 2.75) is 6.92 Å². The second-order valence-electron chi connectivity index (χ2n) is 3.96. The Bertz CT molecular complexity index is 557. The number of carbonyl (C=O) groups is 1. The highest BCUT2D eigenvalue weighted by Gasteiger charge is 2.08. The molecular formula is C11H18N4O3S. The van der Waals surface area contributed by atoms with Gasteiger partial charge in [-0.05, 0) is 25.1 Å². The number of sulfonamides is 1. The topological polar surface area (TPSA) is 127 Å². The maximum atomic E-state index is 11.6. The zero-order valence-electron chi connectivity index (χ0n) is 10.6. The fraction of sp³-hybridized carbons (Fsp3) is 0.364. The fourth-order valence-electron chi connectivity index (χ4n) is 1.44. The van der Waals surface area contributed by atoms with Gasteiger partial charge in [-0.1, -0.05) is 0 Å². The summed E-state index contributed by atoms with van der Waals surface area (Å²) in [5, 5.41) is 10.4. The normalized spacial score (nSPS) is 11.1. The molecule has 1 rings (SSSR count). The first kappa shape index (κ1) is 15.3. The molecule has 7 nitrogen and oxygen atoms in total. The van der Waals surface area contributed by atoms with Gasteiger partial charge in [0.05, 0.1) is 17.1 Å². The van der Waals surface area contributed by atoms with Gasteiger partial charge in [0, 0.05) is 18.7 Å². The minimum atomic E-state index is -3.52. The van der Waals surface area contributed by atoms with E-state index in [2.05, 4.69) is 10.6 Å². The Labute approximate surface area is 112 Å². The van der Waals surface area contributed by atoms with E-state index in [9.17, 15) is 13.2 Å². The Kier molecular flexibility index (Phi) is 5.13. The van der Waals surface area contributed by atoms with Crippen LogP contribution in [0.3, 0.4) is 0 Å². The smallest absolute Gasteiger partial charge is 0.251 e.